The van der Waals surface area contributed by atoms with Gasteiger partial charge in [-0.1, -0.05) is 17.7 Å². The van der Waals surface area contributed by atoms with Crippen molar-refractivity contribution in [2.24, 2.45) is 0 Å². The van der Waals surface area contributed by atoms with Crippen molar-refractivity contribution in [3.8, 4) is 0 Å². The minimum absolute atomic E-state index is 0.0317. The lowest BCUT2D eigenvalue weighted by Gasteiger charge is -2.34. The number of benzene rings is 1. The fourth-order valence-electron chi connectivity index (χ4n) is 1.71. The quantitative estimate of drug-likeness (QED) is 0.784. The Morgan fingerprint density at radius 2 is 2.06 bits per heavy atom. The molecule has 1 heterocycles. The second-order valence-electron chi connectivity index (χ2n) is 4.26. The lowest BCUT2D eigenvalue weighted by molar-refractivity contribution is -0.119. The van der Waals surface area contributed by atoms with Gasteiger partial charge in [-0.3, -0.25) is 9.69 Å². The molecule has 0 atom stereocenters. The highest BCUT2D eigenvalue weighted by molar-refractivity contribution is 5.92. The van der Waals surface area contributed by atoms with Gasteiger partial charge in [-0.25, -0.2) is 0 Å². The van der Waals surface area contributed by atoms with Gasteiger partial charge in [0.15, 0.2) is 0 Å². The second-order valence-corrected chi connectivity index (χ2v) is 4.26. The maximum absolute atomic E-state index is 11.6. The summed E-state index contributed by atoms with van der Waals surface area (Å²) in [5.74, 6) is -0.0317. The van der Waals surface area contributed by atoms with Crippen molar-refractivity contribution in [3.05, 3.63) is 29.8 Å². The van der Waals surface area contributed by atoms with Crippen LogP contribution in [-0.4, -0.2) is 41.7 Å². The Bertz CT molecular complexity index is 369. The Morgan fingerprint density at radius 1 is 1.44 bits per heavy atom. The predicted octanol–water partition coefficient (Wildman–Crippen LogP) is 0.610. The van der Waals surface area contributed by atoms with Crippen LogP contribution < -0.4 is 5.32 Å². The van der Waals surface area contributed by atoms with Gasteiger partial charge >= 0.3 is 0 Å². The first kappa shape index (κ1) is 11.1. The Labute approximate surface area is 94.9 Å². The van der Waals surface area contributed by atoms with Gasteiger partial charge in [-0.2, -0.15) is 0 Å². The highest BCUT2D eigenvalue weighted by atomic mass is 16.3. The second kappa shape index (κ2) is 4.63. The summed E-state index contributed by atoms with van der Waals surface area (Å²) in [6.45, 7) is 3.56. The van der Waals surface area contributed by atoms with E-state index in [2.05, 4.69) is 5.32 Å². The molecule has 0 aliphatic carbocycles. The molecule has 0 radical (unpaired) electrons. The first-order chi connectivity index (χ1) is 7.63. The van der Waals surface area contributed by atoms with E-state index >= 15 is 0 Å². The van der Waals surface area contributed by atoms with Crippen molar-refractivity contribution in [2.75, 3.05) is 25.0 Å². The van der Waals surface area contributed by atoms with E-state index in [4.69, 9.17) is 5.11 Å². The molecular formula is C12H16N2O2. The summed E-state index contributed by atoms with van der Waals surface area (Å²) in [5.41, 5.74) is 1.99. The summed E-state index contributed by atoms with van der Waals surface area (Å²) in [6, 6.07) is 7.70. The summed E-state index contributed by atoms with van der Waals surface area (Å²) >= 11 is 0. The molecule has 1 fully saturated rings. The van der Waals surface area contributed by atoms with Gasteiger partial charge in [-0.15, -0.1) is 0 Å². The lowest BCUT2D eigenvalue weighted by Crippen LogP contribution is -2.53. The highest BCUT2D eigenvalue weighted by Gasteiger charge is 2.25. The van der Waals surface area contributed by atoms with E-state index in [0.717, 1.165) is 5.69 Å². The van der Waals surface area contributed by atoms with Crippen LogP contribution >= 0.6 is 0 Å². The van der Waals surface area contributed by atoms with E-state index in [1.54, 1.807) is 0 Å². The largest absolute Gasteiger partial charge is 0.390 e. The molecule has 86 valence electrons. The molecule has 1 aromatic carbocycles. The molecule has 16 heavy (non-hydrogen) atoms. The normalized spacial score (nSPS) is 16.9. The summed E-state index contributed by atoms with van der Waals surface area (Å²) in [6.07, 6.45) is -0.257. The average molecular weight is 220 g/mol. The van der Waals surface area contributed by atoms with Crippen LogP contribution in [0.5, 0.6) is 0 Å². The first-order valence-corrected chi connectivity index (χ1v) is 5.40. The van der Waals surface area contributed by atoms with Crippen LogP contribution in [-0.2, 0) is 4.79 Å². The molecule has 0 spiro atoms. The van der Waals surface area contributed by atoms with Crippen molar-refractivity contribution in [1.82, 2.24) is 4.90 Å². The number of aliphatic hydroxyl groups excluding tert-OH is 1. The molecular weight excluding hydrogens is 204 g/mol. The van der Waals surface area contributed by atoms with E-state index in [1.165, 1.54) is 5.56 Å². The summed E-state index contributed by atoms with van der Waals surface area (Å²) in [5, 5.41) is 11.9. The zero-order chi connectivity index (χ0) is 11.5. The lowest BCUT2D eigenvalue weighted by atomic mass is 10.2. The van der Waals surface area contributed by atoms with Crippen molar-refractivity contribution in [1.29, 1.82) is 0 Å². The molecule has 2 rings (SSSR count). The van der Waals surface area contributed by atoms with Gasteiger partial charge in [0.05, 0.1) is 12.6 Å². The Balaban J connectivity index is 1.80. The minimum Gasteiger partial charge on any atom is -0.390 e. The van der Waals surface area contributed by atoms with Gasteiger partial charge in [0.25, 0.3) is 0 Å². The molecule has 0 saturated carbocycles. The molecule has 1 aliphatic heterocycles. The summed E-state index contributed by atoms with van der Waals surface area (Å²) in [4.78, 5) is 13.5. The number of rotatable bonds is 3. The monoisotopic (exact) mass is 220 g/mol. The molecule has 2 N–H and O–H groups in total. The minimum atomic E-state index is -0.257. The van der Waals surface area contributed by atoms with Crippen LogP contribution in [0.2, 0.25) is 0 Å². The first-order valence-electron chi connectivity index (χ1n) is 5.40. The van der Waals surface area contributed by atoms with Crippen LogP contribution in [0.3, 0.4) is 0 Å². The van der Waals surface area contributed by atoms with Gasteiger partial charge in [0.1, 0.15) is 0 Å². The Morgan fingerprint density at radius 3 is 2.62 bits per heavy atom. The SMILES string of the molecule is Cc1ccc(NC(=O)CN2CC(O)C2)cc1. The fourth-order valence-corrected chi connectivity index (χ4v) is 1.71. The third kappa shape index (κ3) is 2.81. The van der Waals surface area contributed by atoms with Crippen LogP contribution in [0.4, 0.5) is 5.69 Å². The number of carbonyl (C=O) groups is 1. The molecule has 1 aromatic rings. The van der Waals surface area contributed by atoms with Gasteiger partial charge in [0.2, 0.25) is 5.91 Å². The van der Waals surface area contributed by atoms with E-state index in [9.17, 15) is 4.79 Å². The Hall–Kier alpha value is -1.39. The van der Waals surface area contributed by atoms with Crippen LogP contribution in [0.15, 0.2) is 24.3 Å². The number of β-amino-alcohol motifs (C(OH)–C–C–N with tert-alkyl or cyclic N) is 1. The van der Waals surface area contributed by atoms with Crippen molar-refractivity contribution in [3.63, 3.8) is 0 Å². The number of amides is 1. The fraction of sp³-hybridized carbons (Fsp3) is 0.417. The van der Waals surface area contributed by atoms with Crippen LogP contribution in [0.1, 0.15) is 5.56 Å². The number of nitrogens with one attached hydrogen (secondary N) is 1. The van der Waals surface area contributed by atoms with Crippen molar-refractivity contribution in [2.45, 2.75) is 13.0 Å². The average Bonchev–Trinajstić information content (AvgIpc) is 2.19. The number of aryl methyl sites for hydroxylation is 1. The van der Waals surface area contributed by atoms with Gasteiger partial charge in [-0.05, 0) is 19.1 Å². The van der Waals surface area contributed by atoms with Gasteiger partial charge in [0, 0.05) is 18.8 Å². The predicted molar refractivity (Wildman–Crippen MR) is 62.3 cm³/mol. The van der Waals surface area contributed by atoms with E-state index in [0.29, 0.717) is 19.6 Å². The molecule has 1 amide bonds. The maximum atomic E-state index is 11.6. The highest BCUT2D eigenvalue weighted by Crippen LogP contribution is 2.10. The number of hydrogen-bond donors (Lipinski definition) is 2. The molecule has 0 aromatic heterocycles. The molecule has 4 heteroatoms. The number of nitrogens with zero attached hydrogens (tertiary/aromatic N) is 1. The number of likely N-dealkylation sites (tertiary alicyclic amines) is 1. The molecule has 0 bridgehead atoms. The number of aliphatic hydroxyl groups is 1. The third-order valence-corrected chi connectivity index (χ3v) is 2.64. The zero-order valence-corrected chi connectivity index (χ0v) is 9.31. The molecule has 1 aliphatic rings. The van der Waals surface area contributed by atoms with Crippen LogP contribution in [0, 0.1) is 6.92 Å². The zero-order valence-electron chi connectivity index (χ0n) is 9.31. The molecule has 4 nitrogen and oxygen atoms in total. The van der Waals surface area contributed by atoms with Crippen molar-refractivity contribution >= 4 is 11.6 Å². The van der Waals surface area contributed by atoms with Gasteiger partial charge < -0.3 is 10.4 Å². The smallest absolute Gasteiger partial charge is 0.238 e. The van der Waals surface area contributed by atoms with E-state index < -0.39 is 0 Å². The third-order valence-electron chi connectivity index (χ3n) is 2.64. The van der Waals surface area contributed by atoms with E-state index in [1.807, 2.05) is 36.1 Å². The standard InChI is InChI=1S/C12H16N2O2/c1-9-2-4-10(5-3-9)13-12(16)8-14-6-11(15)7-14/h2-5,11,15H,6-8H2,1H3,(H,13,16). The summed E-state index contributed by atoms with van der Waals surface area (Å²) < 4.78 is 0. The number of carbonyl (C=O) groups excluding carboxylic acids is 1. The Kier molecular flexibility index (Phi) is 3.22. The molecule has 0 unspecified atom stereocenters. The van der Waals surface area contributed by atoms with Crippen molar-refractivity contribution < 1.29 is 9.90 Å². The number of anilines is 1. The summed E-state index contributed by atoms with van der Waals surface area (Å²) in [7, 11) is 0. The topological polar surface area (TPSA) is 52.6 Å². The van der Waals surface area contributed by atoms with E-state index in [-0.39, 0.29) is 12.0 Å². The van der Waals surface area contributed by atoms with Crippen LogP contribution in [0.25, 0.3) is 0 Å². The maximum Gasteiger partial charge on any atom is 0.238 e. The number of hydrogen-bond acceptors (Lipinski definition) is 3. The molecule has 1 saturated heterocycles.